The van der Waals surface area contributed by atoms with E-state index in [1.165, 1.54) is 64.5 Å². The van der Waals surface area contributed by atoms with Gasteiger partial charge in [0.25, 0.3) is 0 Å². The molecule has 0 aromatic heterocycles. The number of carbonyl (C=O) groups is 2. The maximum absolute atomic E-state index is 13.6. The van der Waals surface area contributed by atoms with E-state index in [-0.39, 0.29) is 59.8 Å². The molecule has 2 unspecified atom stereocenters. The molecule has 0 aromatic carbocycles. The van der Waals surface area contributed by atoms with Crippen molar-refractivity contribution in [3.8, 4) is 0 Å². The van der Waals surface area contributed by atoms with Crippen LogP contribution in [0.1, 0.15) is 156 Å². The second-order valence-corrected chi connectivity index (χ2v) is 14.2. The van der Waals surface area contributed by atoms with Gasteiger partial charge in [0.15, 0.2) is 0 Å². The summed E-state index contributed by atoms with van der Waals surface area (Å²) in [5.41, 5.74) is 0. The Morgan fingerprint density at radius 2 is 0.848 bits per heavy atom. The molecular weight excluding hydrogens is 798 g/mol. The van der Waals surface area contributed by atoms with Crippen LogP contribution in [-0.4, -0.2) is 96.9 Å². The van der Waals surface area contributed by atoms with Crippen molar-refractivity contribution < 1.29 is 9.59 Å². The first kappa shape index (κ1) is 46.3. The topological polar surface area (TPSA) is 47.1 Å². The van der Waals surface area contributed by atoms with Gasteiger partial charge in [0.1, 0.15) is 0 Å². The second kappa shape index (κ2) is 30.2. The first-order valence-electron chi connectivity index (χ1n) is 19.6. The third kappa shape index (κ3) is 19.5. The SMILES string of the molecule is CCCCCCN1CCCC(C(=O)N(CCCC)CCCCCCN(CCCC)C(=O)C2CCCN(CCCCCC)C2)C1.I.I. The Balaban J connectivity index is 0.0000101. The minimum absolute atomic E-state index is 0. The Bertz CT molecular complexity index is 683. The van der Waals surface area contributed by atoms with Crippen molar-refractivity contribution in [2.75, 3.05) is 65.4 Å². The van der Waals surface area contributed by atoms with Crippen molar-refractivity contribution in [2.45, 2.75) is 156 Å². The highest BCUT2D eigenvalue weighted by Gasteiger charge is 2.30. The maximum atomic E-state index is 13.6. The smallest absolute Gasteiger partial charge is 0.226 e. The average molecular weight is 875 g/mol. The van der Waals surface area contributed by atoms with Gasteiger partial charge in [-0.3, -0.25) is 9.59 Å². The standard InChI is InChI=1S/C38H74N4O2.2HI/c1-5-9-13-17-25-39-27-21-23-35(33-39)37(43)41(29-11-7-3)31-19-15-16-20-32-42(30-12-8-4)38(44)36-24-22-28-40(34-36)26-18-14-10-6-2;;/h35-36H,5-34H2,1-4H3;2*1H. The molecule has 0 N–H and O–H groups in total. The summed E-state index contributed by atoms with van der Waals surface area (Å²) < 4.78 is 0. The van der Waals surface area contributed by atoms with Crippen LogP contribution < -0.4 is 0 Å². The predicted octanol–water partition coefficient (Wildman–Crippen LogP) is 9.62. The second-order valence-electron chi connectivity index (χ2n) is 14.2. The van der Waals surface area contributed by atoms with E-state index in [4.69, 9.17) is 0 Å². The Kier molecular flexibility index (Phi) is 30.4. The number of halogens is 2. The van der Waals surface area contributed by atoms with Crippen LogP contribution in [0.3, 0.4) is 0 Å². The first-order valence-corrected chi connectivity index (χ1v) is 19.6. The highest BCUT2D eigenvalue weighted by molar-refractivity contribution is 14.0. The molecule has 8 heteroatoms. The number of piperidine rings is 2. The van der Waals surface area contributed by atoms with Crippen molar-refractivity contribution in [3.05, 3.63) is 0 Å². The van der Waals surface area contributed by atoms with E-state index < -0.39 is 0 Å². The lowest BCUT2D eigenvalue weighted by molar-refractivity contribution is -0.138. The predicted molar refractivity (Wildman–Crippen MR) is 219 cm³/mol. The molecule has 0 aromatic rings. The monoisotopic (exact) mass is 874 g/mol. The molecule has 2 heterocycles. The summed E-state index contributed by atoms with van der Waals surface area (Å²) in [6.07, 6.45) is 23.8. The molecule has 2 fully saturated rings. The number of hydrogen-bond acceptors (Lipinski definition) is 4. The van der Waals surface area contributed by atoms with Crippen molar-refractivity contribution in [1.29, 1.82) is 0 Å². The molecule has 0 spiro atoms. The summed E-state index contributed by atoms with van der Waals surface area (Å²) in [5, 5.41) is 0. The van der Waals surface area contributed by atoms with Crippen LogP contribution in [0.4, 0.5) is 0 Å². The third-order valence-corrected chi connectivity index (χ3v) is 10.2. The number of amides is 2. The van der Waals surface area contributed by atoms with Crippen molar-refractivity contribution in [3.63, 3.8) is 0 Å². The van der Waals surface area contributed by atoms with Gasteiger partial charge in [-0.1, -0.05) is 91.9 Å². The van der Waals surface area contributed by atoms with Crippen LogP contribution in [0, 0.1) is 11.8 Å². The molecule has 6 nitrogen and oxygen atoms in total. The first-order chi connectivity index (χ1) is 21.5. The lowest BCUT2D eigenvalue weighted by Crippen LogP contribution is -2.45. The van der Waals surface area contributed by atoms with Gasteiger partial charge in [0.05, 0.1) is 11.8 Å². The number of nitrogens with zero attached hydrogens (tertiary/aromatic N) is 4. The number of likely N-dealkylation sites (tertiary alicyclic amines) is 2. The third-order valence-electron chi connectivity index (χ3n) is 10.2. The van der Waals surface area contributed by atoms with Gasteiger partial charge in [-0.25, -0.2) is 0 Å². The number of hydrogen-bond donors (Lipinski definition) is 0. The Hall–Kier alpha value is 0.320. The molecular formula is C38H76I2N4O2. The van der Waals surface area contributed by atoms with Gasteiger partial charge >= 0.3 is 0 Å². The van der Waals surface area contributed by atoms with E-state index in [9.17, 15) is 9.59 Å². The fraction of sp³-hybridized carbons (Fsp3) is 0.947. The summed E-state index contributed by atoms with van der Waals surface area (Å²) in [4.78, 5) is 36.8. The molecule has 2 atom stereocenters. The molecule has 2 amide bonds. The molecule has 274 valence electrons. The lowest BCUT2D eigenvalue weighted by atomic mass is 9.95. The zero-order valence-corrected chi connectivity index (χ0v) is 35.5. The van der Waals surface area contributed by atoms with Gasteiger partial charge in [-0.2, -0.15) is 0 Å². The molecule has 2 aliphatic heterocycles. The molecule has 2 rings (SSSR count). The van der Waals surface area contributed by atoms with Crippen LogP contribution in [-0.2, 0) is 9.59 Å². The van der Waals surface area contributed by atoms with E-state index in [0.717, 1.165) is 129 Å². The summed E-state index contributed by atoms with van der Waals surface area (Å²) >= 11 is 0. The lowest BCUT2D eigenvalue weighted by Gasteiger charge is -2.35. The van der Waals surface area contributed by atoms with Gasteiger partial charge in [-0.15, -0.1) is 48.0 Å². The Morgan fingerprint density at radius 3 is 1.22 bits per heavy atom. The molecule has 0 aliphatic carbocycles. The molecule has 2 aliphatic rings. The van der Waals surface area contributed by atoms with Gasteiger partial charge in [0.2, 0.25) is 11.8 Å². The summed E-state index contributed by atoms with van der Waals surface area (Å²) in [5.74, 6) is 1.22. The zero-order chi connectivity index (χ0) is 31.8. The Morgan fingerprint density at radius 1 is 0.500 bits per heavy atom. The quantitative estimate of drug-likeness (QED) is 0.0678. The van der Waals surface area contributed by atoms with Crippen LogP contribution in [0.2, 0.25) is 0 Å². The number of carbonyl (C=O) groups excluding carboxylic acids is 2. The van der Waals surface area contributed by atoms with Crippen LogP contribution in [0.25, 0.3) is 0 Å². The van der Waals surface area contributed by atoms with E-state index >= 15 is 0 Å². The number of unbranched alkanes of at least 4 members (excludes halogenated alkanes) is 11. The van der Waals surface area contributed by atoms with E-state index in [0.29, 0.717) is 11.8 Å². The fourth-order valence-corrected chi connectivity index (χ4v) is 7.28. The highest BCUT2D eigenvalue weighted by Crippen LogP contribution is 2.22. The zero-order valence-electron chi connectivity index (χ0n) is 30.8. The van der Waals surface area contributed by atoms with Crippen molar-refractivity contribution in [2.24, 2.45) is 11.8 Å². The van der Waals surface area contributed by atoms with Crippen molar-refractivity contribution >= 4 is 59.8 Å². The molecule has 46 heavy (non-hydrogen) atoms. The van der Waals surface area contributed by atoms with Gasteiger partial charge < -0.3 is 19.6 Å². The maximum Gasteiger partial charge on any atom is 0.226 e. The fourth-order valence-electron chi connectivity index (χ4n) is 7.28. The largest absolute Gasteiger partial charge is 0.342 e. The normalized spacial score (nSPS) is 18.9. The molecule has 2 saturated heterocycles. The van der Waals surface area contributed by atoms with Gasteiger partial charge in [0, 0.05) is 39.3 Å². The summed E-state index contributed by atoms with van der Waals surface area (Å²) in [7, 11) is 0. The highest BCUT2D eigenvalue weighted by atomic mass is 127. The molecule has 0 bridgehead atoms. The Labute approximate surface area is 320 Å². The van der Waals surface area contributed by atoms with Crippen LogP contribution in [0.5, 0.6) is 0 Å². The summed E-state index contributed by atoms with van der Waals surface area (Å²) in [6, 6.07) is 0. The van der Waals surface area contributed by atoms with Gasteiger partial charge in [-0.05, 0) is 90.4 Å². The summed E-state index contributed by atoms with van der Waals surface area (Å²) in [6.45, 7) is 19.2. The van der Waals surface area contributed by atoms with E-state index in [1.54, 1.807) is 0 Å². The van der Waals surface area contributed by atoms with E-state index in [1.807, 2.05) is 0 Å². The van der Waals surface area contributed by atoms with Crippen LogP contribution in [0.15, 0.2) is 0 Å². The average Bonchev–Trinajstić information content (AvgIpc) is 3.05. The molecule has 0 radical (unpaired) electrons. The van der Waals surface area contributed by atoms with Crippen molar-refractivity contribution in [1.82, 2.24) is 19.6 Å². The minimum Gasteiger partial charge on any atom is -0.342 e. The van der Waals surface area contributed by atoms with E-state index in [2.05, 4.69) is 47.3 Å². The van der Waals surface area contributed by atoms with Crippen LogP contribution >= 0.6 is 48.0 Å². The molecule has 0 saturated carbocycles. The number of rotatable bonds is 25. The minimum atomic E-state index is 0.